The Bertz CT molecular complexity index is 298. The smallest absolute Gasteiger partial charge is 0.139 e. The third kappa shape index (κ3) is 5.70. The highest BCUT2D eigenvalue weighted by Gasteiger charge is 2.10. The molecule has 1 N–H and O–H groups in total. The van der Waals surface area contributed by atoms with E-state index < -0.39 is 0 Å². The number of rotatable bonds is 5. The summed E-state index contributed by atoms with van der Waals surface area (Å²) in [6, 6.07) is 4.00. The summed E-state index contributed by atoms with van der Waals surface area (Å²) in [5.74, 6) is 0.314. The molecule has 15 heavy (non-hydrogen) atoms. The van der Waals surface area contributed by atoms with Crippen molar-refractivity contribution in [2.75, 3.05) is 6.54 Å². The van der Waals surface area contributed by atoms with Gasteiger partial charge in [-0.15, -0.1) is 11.3 Å². The molecule has 0 amide bonds. The number of ketones is 1. The SMILES string of the molecule is CC(C)(C)NCCC(=O)Cc1cccs1. The molecule has 0 spiro atoms. The first-order valence-electron chi connectivity index (χ1n) is 5.26. The van der Waals surface area contributed by atoms with Crippen molar-refractivity contribution in [3.8, 4) is 0 Å². The van der Waals surface area contributed by atoms with Gasteiger partial charge in [-0.25, -0.2) is 0 Å². The second-order valence-electron chi connectivity index (χ2n) is 4.72. The van der Waals surface area contributed by atoms with Crippen LogP contribution in [0.25, 0.3) is 0 Å². The highest BCUT2D eigenvalue weighted by molar-refractivity contribution is 7.10. The molecular formula is C12H19NOS. The van der Waals surface area contributed by atoms with E-state index in [2.05, 4.69) is 26.1 Å². The highest BCUT2D eigenvalue weighted by Crippen LogP contribution is 2.10. The van der Waals surface area contributed by atoms with Crippen molar-refractivity contribution in [3.05, 3.63) is 22.4 Å². The number of hydrogen-bond acceptors (Lipinski definition) is 3. The van der Waals surface area contributed by atoms with E-state index in [-0.39, 0.29) is 5.54 Å². The molecule has 0 atom stereocenters. The zero-order valence-corrected chi connectivity index (χ0v) is 10.5. The van der Waals surface area contributed by atoms with E-state index in [0.717, 1.165) is 11.4 Å². The molecule has 3 heteroatoms. The summed E-state index contributed by atoms with van der Waals surface area (Å²) in [6.07, 6.45) is 1.21. The van der Waals surface area contributed by atoms with Gasteiger partial charge in [-0.2, -0.15) is 0 Å². The fourth-order valence-corrected chi connectivity index (χ4v) is 2.01. The van der Waals surface area contributed by atoms with Crippen molar-refractivity contribution in [3.63, 3.8) is 0 Å². The van der Waals surface area contributed by atoms with E-state index in [1.165, 1.54) is 0 Å². The summed E-state index contributed by atoms with van der Waals surface area (Å²) in [5, 5.41) is 5.32. The van der Waals surface area contributed by atoms with Gasteiger partial charge in [0.25, 0.3) is 0 Å². The molecular weight excluding hydrogens is 206 g/mol. The summed E-state index contributed by atoms with van der Waals surface area (Å²) in [5.41, 5.74) is 0.100. The van der Waals surface area contributed by atoms with Crippen LogP contribution >= 0.6 is 11.3 Å². The zero-order valence-electron chi connectivity index (χ0n) is 9.67. The van der Waals surface area contributed by atoms with Gasteiger partial charge in [-0.1, -0.05) is 6.07 Å². The predicted molar refractivity (Wildman–Crippen MR) is 65.4 cm³/mol. The second-order valence-corrected chi connectivity index (χ2v) is 5.75. The Hall–Kier alpha value is -0.670. The molecule has 0 saturated heterocycles. The summed E-state index contributed by atoms with van der Waals surface area (Å²) in [7, 11) is 0. The fraction of sp³-hybridized carbons (Fsp3) is 0.583. The van der Waals surface area contributed by atoms with Crippen LogP contribution in [0.1, 0.15) is 32.1 Å². The maximum atomic E-state index is 11.6. The molecule has 84 valence electrons. The van der Waals surface area contributed by atoms with Crippen molar-refractivity contribution in [1.82, 2.24) is 5.32 Å². The average Bonchev–Trinajstić information content (AvgIpc) is 2.54. The Morgan fingerprint density at radius 1 is 1.47 bits per heavy atom. The first-order valence-corrected chi connectivity index (χ1v) is 6.14. The van der Waals surface area contributed by atoms with Crippen LogP contribution in [0, 0.1) is 0 Å². The molecule has 0 aliphatic heterocycles. The van der Waals surface area contributed by atoms with Crippen molar-refractivity contribution in [1.29, 1.82) is 0 Å². The van der Waals surface area contributed by atoms with E-state index in [4.69, 9.17) is 0 Å². The number of carbonyl (C=O) groups excluding carboxylic acids is 1. The monoisotopic (exact) mass is 225 g/mol. The molecule has 0 fully saturated rings. The number of thiophene rings is 1. The van der Waals surface area contributed by atoms with Crippen molar-refractivity contribution >= 4 is 17.1 Å². The lowest BCUT2D eigenvalue weighted by molar-refractivity contribution is -0.118. The first-order chi connectivity index (χ1) is 6.97. The zero-order chi connectivity index (χ0) is 11.3. The number of nitrogens with one attached hydrogen (secondary N) is 1. The molecule has 1 rings (SSSR count). The van der Waals surface area contributed by atoms with Gasteiger partial charge in [-0.05, 0) is 32.2 Å². The van der Waals surface area contributed by atoms with Crippen LogP contribution in [0.5, 0.6) is 0 Å². The van der Waals surface area contributed by atoms with E-state index in [0.29, 0.717) is 18.6 Å². The van der Waals surface area contributed by atoms with Crippen LogP contribution in [0.4, 0.5) is 0 Å². The van der Waals surface area contributed by atoms with Gasteiger partial charge < -0.3 is 5.32 Å². The third-order valence-corrected chi connectivity index (χ3v) is 2.89. The summed E-state index contributed by atoms with van der Waals surface area (Å²) in [4.78, 5) is 12.7. The standard InChI is InChI=1S/C12H19NOS/c1-12(2,3)13-7-6-10(14)9-11-5-4-8-15-11/h4-5,8,13H,6-7,9H2,1-3H3. The minimum Gasteiger partial charge on any atom is -0.312 e. The highest BCUT2D eigenvalue weighted by atomic mass is 32.1. The predicted octanol–water partition coefficient (Wildman–Crippen LogP) is 2.64. The lowest BCUT2D eigenvalue weighted by Gasteiger charge is -2.19. The van der Waals surface area contributed by atoms with E-state index in [1.54, 1.807) is 11.3 Å². The van der Waals surface area contributed by atoms with E-state index in [1.807, 2.05) is 17.5 Å². The molecule has 0 saturated carbocycles. The van der Waals surface area contributed by atoms with Crippen LogP contribution in [0.3, 0.4) is 0 Å². The van der Waals surface area contributed by atoms with Crippen molar-refractivity contribution in [2.24, 2.45) is 0 Å². The van der Waals surface area contributed by atoms with Crippen molar-refractivity contribution in [2.45, 2.75) is 39.2 Å². The number of hydrogen-bond donors (Lipinski definition) is 1. The van der Waals surface area contributed by atoms with E-state index in [9.17, 15) is 4.79 Å². The normalized spacial score (nSPS) is 11.7. The molecule has 0 aromatic carbocycles. The third-order valence-electron chi connectivity index (χ3n) is 2.01. The number of carbonyl (C=O) groups is 1. The lowest BCUT2D eigenvalue weighted by atomic mass is 10.1. The van der Waals surface area contributed by atoms with E-state index >= 15 is 0 Å². The van der Waals surface area contributed by atoms with Gasteiger partial charge in [-0.3, -0.25) is 4.79 Å². The van der Waals surface area contributed by atoms with Crippen LogP contribution in [-0.2, 0) is 11.2 Å². The lowest BCUT2D eigenvalue weighted by Crippen LogP contribution is -2.37. The Morgan fingerprint density at radius 3 is 2.73 bits per heavy atom. The Balaban J connectivity index is 2.20. The molecule has 1 heterocycles. The second kappa shape index (κ2) is 5.42. The quantitative estimate of drug-likeness (QED) is 0.834. The van der Waals surface area contributed by atoms with Crippen LogP contribution in [0.15, 0.2) is 17.5 Å². The molecule has 0 radical (unpaired) electrons. The molecule has 2 nitrogen and oxygen atoms in total. The molecule has 1 aromatic heterocycles. The van der Waals surface area contributed by atoms with Gasteiger partial charge in [0.2, 0.25) is 0 Å². The maximum Gasteiger partial charge on any atom is 0.139 e. The largest absolute Gasteiger partial charge is 0.312 e. The van der Waals surface area contributed by atoms with Crippen LogP contribution < -0.4 is 5.32 Å². The minimum atomic E-state index is 0.100. The molecule has 0 aliphatic rings. The topological polar surface area (TPSA) is 29.1 Å². The number of Topliss-reactive ketones (excluding diaryl/α,β-unsaturated/α-hetero) is 1. The van der Waals surface area contributed by atoms with Crippen LogP contribution in [0.2, 0.25) is 0 Å². The summed E-state index contributed by atoms with van der Waals surface area (Å²) in [6.45, 7) is 7.10. The van der Waals surface area contributed by atoms with Gasteiger partial charge in [0, 0.05) is 29.8 Å². The first kappa shape index (κ1) is 12.4. The molecule has 0 unspecified atom stereocenters. The molecule has 0 bridgehead atoms. The Morgan fingerprint density at radius 2 is 2.20 bits per heavy atom. The van der Waals surface area contributed by atoms with Gasteiger partial charge >= 0.3 is 0 Å². The Kier molecular flexibility index (Phi) is 4.48. The Labute approximate surface area is 95.7 Å². The maximum absolute atomic E-state index is 11.6. The van der Waals surface area contributed by atoms with Crippen LogP contribution in [-0.4, -0.2) is 17.9 Å². The summed E-state index contributed by atoms with van der Waals surface area (Å²) < 4.78 is 0. The van der Waals surface area contributed by atoms with Crippen molar-refractivity contribution < 1.29 is 4.79 Å². The minimum absolute atomic E-state index is 0.100. The van der Waals surface area contributed by atoms with Gasteiger partial charge in [0.15, 0.2) is 0 Å². The van der Waals surface area contributed by atoms with Gasteiger partial charge in [0.1, 0.15) is 5.78 Å². The summed E-state index contributed by atoms with van der Waals surface area (Å²) >= 11 is 1.65. The molecule has 0 aliphatic carbocycles. The molecule has 1 aromatic rings. The average molecular weight is 225 g/mol. The van der Waals surface area contributed by atoms with Gasteiger partial charge in [0.05, 0.1) is 0 Å². The fourth-order valence-electron chi connectivity index (χ4n) is 1.27.